The highest BCUT2D eigenvalue weighted by Gasteiger charge is 2.00. The van der Waals surface area contributed by atoms with Gasteiger partial charge in [-0.3, -0.25) is 0 Å². The zero-order chi connectivity index (χ0) is 10.4. The molecule has 0 saturated heterocycles. The first-order valence-corrected chi connectivity index (χ1v) is 5.48. The van der Waals surface area contributed by atoms with Gasteiger partial charge in [-0.1, -0.05) is 28.1 Å². The van der Waals surface area contributed by atoms with Crippen molar-refractivity contribution in [3.8, 4) is 0 Å². The van der Waals surface area contributed by atoms with Crippen LogP contribution in [0, 0.1) is 0 Å². The number of hydrogen-bond donors (Lipinski definition) is 1. The second-order valence-corrected chi connectivity index (χ2v) is 4.28. The highest BCUT2D eigenvalue weighted by molar-refractivity contribution is 9.10. The standard InChI is InChI=1S/C11H16BrNO.BrH/c1-9(8-14-2)13-7-10-4-3-5-11(12)6-10;/h3-6,9,13H,7-8H2,1-2H3;1H. The Morgan fingerprint density at radius 3 is 2.80 bits per heavy atom. The Morgan fingerprint density at radius 1 is 1.47 bits per heavy atom. The Hall–Kier alpha value is 0.100. The molecule has 0 aliphatic heterocycles. The summed E-state index contributed by atoms with van der Waals surface area (Å²) in [5.41, 5.74) is 1.28. The van der Waals surface area contributed by atoms with Crippen molar-refractivity contribution in [3.05, 3.63) is 34.3 Å². The number of hydrogen-bond acceptors (Lipinski definition) is 2. The second-order valence-electron chi connectivity index (χ2n) is 3.37. The van der Waals surface area contributed by atoms with Gasteiger partial charge in [0, 0.05) is 24.2 Å². The SMILES string of the molecule is Br.COCC(C)NCc1cccc(Br)c1. The lowest BCUT2D eigenvalue weighted by atomic mass is 10.2. The minimum Gasteiger partial charge on any atom is -0.383 e. The number of halogens is 2. The van der Waals surface area contributed by atoms with E-state index in [1.165, 1.54) is 5.56 Å². The van der Waals surface area contributed by atoms with Crippen LogP contribution in [-0.4, -0.2) is 19.8 Å². The average molecular weight is 339 g/mol. The molecule has 0 spiro atoms. The summed E-state index contributed by atoms with van der Waals surface area (Å²) in [6.07, 6.45) is 0. The molecule has 0 bridgehead atoms. The first-order valence-electron chi connectivity index (χ1n) is 4.69. The highest BCUT2D eigenvalue weighted by atomic mass is 79.9. The number of rotatable bonds is 5. The van der Waals surface area contributed by atoms with Crippen LogP contribution in [0.4, 0.5) is 0 Å². The highest BCUT2D eigenvalue weighted by Crippen LogP contribution is 2.11. The molecule has 4 heteroatoms. The van der Waals surface area contributed by atoms with Crippen LogP contribution in [0.3, 0.4) is 0 Å². The van der Waals surface area contributed by atoms with Gasteiger partial charge in [-0.15, -0.1) is 17.0 Å². The third-order valence-electron chi connectivity index (χ3n) is 1.96. The third kappa shape index (κ3) is 6.30. The summed E-state index contributed by atoms with van der Waals surface area (Å²) in [7, 11) is 1.72. The lowest BCUT2D eigenvalue weighted by Gasteiger charge is -2.12. The molecule has 0 aliphatic carbocycles. The zero-order valence-corrected chi connectivity index (χ0v) is 12.3. The van der Waals surface area contributed by atoms with E-state index in [9.17, 15) is 0 Å². The van der Waals surface area contributed by atoms with Gasteiger partial charge in [0.2, 0.25) is 0 Å². The fraction of sp³-hybridized carbons (Fsp3) is 0.455. The maximum atomic E-state index is 5.04. The van der Waals surface area contributed by atoms with Crippen LogP contribution >= 0.6 is 32.9 Å². The lowest BCUT2D eigenvalue weighted by molar-refractivity contribution is 0.171. The van der Waals surface area contributed by atoms with Gasteiger partial charge in [0.1, 0.15) is 0 Å². The zero-order valence-electron chi connectivity index (χ0n) is 9.00. The molecule has 1 rings (SSSR count). The first kappa shape index (κ1) is 15.1. The maximum absolute atomic E-state index is 5.04. The van der Waals surface area contributed by atoms with Gasteiger partial charge in [-0.25, -0.2) is 0 Å². The third-order valence-corrected chi connectivity index (χ3v) is 2.45. The summed E-state index contributed by atoms with van der Waals surface area (Å²) in [5.74, 6) is 0. The van der Waals surface area contributed by atoms with Crippen LogP contribution in [-0.2, 0) is 11.3 Å². The molecule has 1 atom stereocenters. The molecule has 0 fully saturated rings. The molecule has 0 amide bonds. The van der Waals surface area contributed by atoms with Crippen LogP contribution in [0.1, 0.15) is 12.5 Å². The van der Waals surface area contributed by atoms with E-state index in [2.05, 4.69) is 40.3 Å². The summed E-state index contributed by atoms with van der Waals surface area (Å²) in [6.45, 7) is 3.74. The predicted octanol–water partition coefficient (Wildman–Crippen LogP) is 3.15. The van der Waals surface area contributed by atoms with Crippen molar-refractivity contribution in [1.82, 2.24) is 5.32 Å². The van der Waals surface area contributed by atoms with Crippen LogP contribution in [0.2, 0.25) is 0 Å². The van der Waals surface area contributed by atoms with Gasteiger partial charge >= 0.3 is 0 Å². The van der Waals surface area contributed by atoms with Gasteiger partial charge in [0.25, 0.3) is 0 Å². The number of benzene rings is 1. The van der Waals surface area contributed by atoms with E-state index in [0.717, 1.165) is 17.6 Å². The molecule has 0 heterocycles. The van der Waals surface area contributed by atoms with Crippen molar-refractivity contribution in [3.63, 3.8) is 0 Å². The van der Waals surface area contributed by atoms with Crippen molar-refractivity contribution < 1.29 is 4.74 Å². The lowest BCUT2D eigenvalue weighted by Crippen LogP contribution is -2.29. The molecule has 1 unspecified atom stereocenters. The number of nitrogens with one attached hydrogen (secondary N) is 1. The van der Waals surface area contributed by atoms with Crippen molar-refractivity contribution >= 4 is 32.9 Å². The molecule has 1 aromatic rings. The average Bonchev–Trinajstić information content (AvgIpc) is 2.15. The van der Waals surface area contributed by atoms with Gasteiger partial charge < -0.3 is 10.1 Å². The number of methoxy groups -OCH3 is 1. The van der Waals surface area contributed by atoms with E-state index in [1.54, 1.807) is 7.11 Å². The Labute approximate surface area is 110 Å². The van der Waals surface area contributed by atoms with E-state index in [1.807, 2.05) is 12.1 Å². The van der Waals surface area contributed by atoms with E-state index in [4.69, 9.17) is 4.74 Å². The topological polar surface area (TPSA) is 21.3 Å². The molecule has 0 aliphatic rings. The second kappa shape index (κ2) is 8.28. The van der Waals surface area contributed by atoms with E-state index >= 15 is 0 Å². The number of ether oxygens (including phenoxy) is 1. The Kier molecular flexibility index (Phi) is 8.33. The Morgan fingerprint density at radius 2 is 2.20 bits per heavy atom. The van der Waals surface area contributed by atoms with Gasteiger partial charge in [-0.2, -0.15) is 0 Å². The summed E-state index contributed by atoms with van der Waals surface area (Å²) in [6, 6.07) is 8.69. The minimum absolute atomic E-state index is 0. The molecule has 0 aromatic heterocycles. The minimum atomic E-state index is 0. The molecule has 2 nitrogen and oxygen atoms in total. The molecule has 1 aromatic carbocycles. The fourth-order valence-corrected chi connectivity index (χ4v) is 1.69. The molecule has 15 heavy (non-hydrogen) atoms. The fourth-order valence-electron chi connectivity index (χ4n) is 1.25. The molecule has 1 N–H and O–H groups in total. The normalized spacial score (nSPS) is 11.9. The van der Waals surface area contributed by atoms with Gasteiger partial charge in [-0.05, 0) is 24.6 Å². The van der Waals surface area contributed by atoms with Gasteiger partial charge in [0.05, 0.1) is 6.61 Å². The Balaban J connectivity index is 0.00000196. The first-order chi connectivity index (χ1) is 6.72. The van der Waals surface area contributed by atoms with E-state index < -0.39 is 0 Å². The smallest absolute Gasteiger partial charge is 0.0613 e. The predicted molar refractivity (Wildman–Crippen MR) is 72.6 cm³/mol. The van der Waals surface area contributed by atoms with Crippen LogP contribution < -0.4 is 5.32 Å². The largest absolute Gasteiger partial charge is 0.383 e. The maximum Gasteiger partial charge on any atom is 0.0613 e. The molecule has 86 valence electrons. The molecular formula is C11H17Br2NO. The summed E-state index contributed by atoms with van der Waals surface area (Å²) in [4.78, 5) is 0. The molecule has 0 radical (unpaired) electrons. The summed E-state index contributed by atoms with van der Waals surface area (Å²) < 4.78 is 6.17. The van der Waals surface area contributed by atoms with Crippen molar-refractivity contribution in [2.45, 2.75) is 19.5 Å². The van der Waals surface area contributed by atoms with Crippen molar-refractivity contribution in [1.29, 1.82) is 0 Å². The van der Waals surface area contributed by atoms with Gasteiger partial charge in [0.15, 0.2) is 0 Å². The van der Waals surface area contributed by atoms with Crippen molar-refractivity contribution in [2.24, 2.45) is 0 Å². The monoisotopic (exact) mass is 337 g/mol. The Bertz CT molecular complexity index is 281. The van der Waals surface area contributed by atoms with Crippen LogP contribution in [0.25, 0.3) is 0 Å². The quantitative estimate of drug-likeness (QED) is 0.890. The summed E-state index contributed by atoms with van der Waals surface area (Å²) in [5, 5.41) is 3.38. The van der Waals surface area contributed by atoms with E-state index in [0.29, 0.717) is 6.04 Å². The van der Waals surface area contributed by atoms with E-state index in [-0.39, 0.29) is 17.0 Å². The molecule has 0 saturated carbocycles. The van der Waals surface area contributed by atoms with Crippen LogP contribution in [0.5, 0.6) is 0 Å². The van der Waals surface area contributed by atoms with Crippen LogP contribution in [0.15, 0.2) is 28.7 Å². The van der Waals surface area contributed by atoms with Crippen molar-refractivity contribution in [2.75, 3.05) is 13.7 Å². The molecular weight excluding hydrogens is 322 g/mol. The summed E-state index contributed by atoms with van der Waals surface area (Å²) >= 11 is 3.45.